The van der Waals surface area contributed by atoms with Gasteiger partial charge in [-0.3, -0.25) is 0 Å². The summed E-state index contributed by atoms with van der Waals surface area (Å²) in [5, 5.41) is 62.1. The molecule has 0 saturated heterocycles. The molecule has 0 amide bonds. The van der Waals surface area contributed by atoms with Gasteiger partial charge in [0.2, 0.25) is 0 Å². The van der Waals surface area contributed by atoms with Crippen LogP contribution in [0.3, 0.4) is 0 Å². The Kier molecular flexibility index (Phi) is 11.4. The summed E-state index contributed by atoms with van der Waals surface area (Å²) in [5.41, 5.74) is 5.37. The highest BCUT2D eigenvalue weighted by Gasteiger charge is 2.50. The molecule has 60 heavy (non-hydrogen) atoms. The fourth-order valence-corrected chi connectivity index (χ4v) is 10.3. The first-order valence-electron chi connectivity index (χ1n) is 21.4. The maximum absolute atomic E-state index is 12.9. The van der Waals surface area contributed by atoms with Crippen LogP contribution in [0.15, 0.2) is 72.8 Å². The molecule has 0 bridgehead atoms. The van der Waals surface area contributed by atoms with Crippen molar-refractivity contribution in [1.82, 2.24) is 5.32 Å². The molecule has 1 aliphatic carbocycles. The molecule has 9 rings (SSSR count). The van der Waals surface area contributed by atoms with Gasteiger partial charge in [-0.15, -0.1) is 0 Å². The van der Waals surface area contributed by atoms with E-state index < -0.39 is 30.1 Å². The van der Waals surface area contributed by atoms with Crippen molar-refractivity contribution in [1.29, 1.82) is 0 Å². The number of ether oxygens (including phenoxy) is 5. The molecule has 3 aliphatic heterocycles. The Labute approximate surface area is 350 Å². The number of aromatic hydroxyl groups is 3. The zero-order valence-electron chi connectivity index (χ0n) is 34.2. The number of aliphatic hydroxyl groups is 2. The van der Waals surface area contributed by atoms with Gasteiger partial charge in [-0.05, 0) is 123 Å². The molecule has 0 unspecified atom stereocenters. The Morgan fingerprint density at radius 2 is 1.57 bits per heavy atom. The number of fused-ring (bicyclic) bond motifs is 7. The van der Waals surface area contributed by atoms with E-state index in [9.17, 15) is 25.5 Å². The predicted molar refractivity (Wildman–Crippen MR) is 228 cm³/mol. The van der Waals surface area contributed by atoms with Gasteiger partial charge in [-0.2, -0.15) is 0 Å². The van der Waals surface area contributed by atoms with E-state index in [0.717, 1.165) is 70.7 Å². The normalized spacial score (nSPS) is 23.5. The smallest absolute Gasteiger partial charge is 0.133 e. The zero-order valence-corrected chi connectivity index (χ0v) is 34.2. The first kappa shape index (κ1) is 40.2. The highest BCUT2D eigenvalue weighted by atomic mass is 16.5. The quantitative estimate of drug-likeness (QED) is 0.0674. The predicted octanol–water partition coefficient (Wildman–Crippen LogP) is 8.20. The van der Waals surface area contributed by atoms with Crippen LogP contribution in [0.1, 0.15) is 90.9 Å². The van der Waals surface area contributed by atoms with Crippen molar-refractivity contribution < 1.29 is 49.2 Å². The summed E-state index contributed by atoms with van der Waals surface area (Å²) in [4.78, 5) is 0. The van der Waals surface area contributed by atoms with Gasteiger partial charge in [-0.25, -0.2) is 0 Å². The second-order valence-corrected chi connectivity index (χ2v) is 16.9. The molecule has 0 radical (unpaired) electrons. The van der Waals surface area contributed by atoms with Crippen molar-refractivity contribution in [3.8, 4) is 51.4 Å². The average molecular weight is 818 g/mol. The number of phenolic OH excluding ortho intramolecular Hbond substituents is 3. The Morgan fingerprint density at radius 1 is 0.767 bits per heavy atom. The van der Waals surface area contributed by atoms with Gasteiger partial charge in [0.15, 0.2) is 0 Å². The van der Waals surface area contributed by atoms with Crippen LogP contribution in [0.25, 0.3) is 21.9 Å². The molecule has 1 fully saturated rings. The number of likely N-dealkylation sites (N-methyl/N-ethyl adjacent to an activating group) is 1. The topological polar surface area (TPSA) is 159 Å². The van der Waals surface area contributed by atoms with Gasteiger partial charge in [0, 0.05) is 77.5 Å². The van der Waals surface area contributed by atoms with Gasteiger partial charge < -0.3 is 54.5 Å². The van der Waals surface area contributed by atoms with Gasteiger partial charge in [0.1, 0.15) is 46.4 Å². The van der Waals surface area contributed by atoms with E-state index in [-0.39, 0.29) is 35.9 Å². The molecule has 11 nitrogen and oxygen atoms in total. The molecule has 0 spiro atoms. The average Bonchev–Trinajstić information content (AvgIpc) is 3.75. The number of hydrogen-bond donors (Lipinski definition) is 6. The van der Waals surface area contributed by atoms with E-state index in [0.29, 0.717) is 73.1 Å². The fourth-order valence-electron chi connectivity index (χ4n) is 10.3. The summed E-state index contributed by atoms with van der Waals surface area (Å²) in [7, 11) is 3.58. The lowest BCUT2D eigenvalue weighted by atomic mass is 9.70. The molecule has 1 saturated carbocycles. The highest BCUT2D eigenvalue weighted by molar-refractivity contribution is 5.97. The van der Waals surface area contributed by atoms with E-state index in [2.05, 4.69) is 5.32 Å². The van der Waals surface area contributed by atoms with Gasteiger partial charge in [0.05, 0.1) is 31.5 Å². The lowest BCUT2D eigenvalue weighted by Crippen LogP contribution is -2.46. The molecule has 3 heterocycles. The summed E-state index contributed by atoms with van der Waals surface area (Å²) >= 11 is 0. The second kappa shape index (κ2) is 17.0. The van der Waals surface area contributed by atoms with Crippen LogP contribution in [-0.2, 0) is 11.2 Å². The number of aliphatic hydroxyl groups excluding tert-OH is 2. The Balaban J connectivity index is 1.15. The molecular weight excluding hydrogens is 763 g/mol. The minimum Gasteiger partial charge on any atom is -0.508 e. The first-order chi connectivity index (χ1) is 29.2. The third-order valence-corrected chi connectivity index (χ3v) is 13.1. The number of phenols is 3. The molecule has 11 heteroatoms. The molecule has 5 aromatic carbocycles. The Hall–Kier alpha value is -5.20. The van der Waals surface area contributed by atoms with Crippen LogP contribution in [0.4, 0.5) is 0 Å². The van der Waals surface area contributed by atoms with Gasteiger partial charge >= 0.3 is 0 Å². The standard InChI is InChI=1S/C49H55NO10/c1-50-25-28-16-18-57-48-38-23-33(53)13-15-37(38)49-44(42(28)48)46(55)43(41(60-49)11-6-17-56-2)40-26-58-47-30(22-35(24-39(47)45(40)54)59-34-9-3-4-10-34)19-29-21-32(52)12-14-36(29)27-7-5-8-31(51)20-27/h5,7-8,12-15,20-24,28,34,40-41,43,45-46,50-55H,3-4,6,9-11,16-19,25-26H2,1-2H3/t28-,40-,41-,43-,45-,46-/m1/s1. The molecule has 4 aliphatic rings. The van der Waals surface area contributed by atoms with Crippen LogP contribution in [0.2, 0.25) is 0 Å². The van der Waals surface area contributed by atoms with Crippen molar-refractivity contribution in [2.24, 2.45) is 11.8 Å². The van der Waals surface area contributed by atoms with Crippen molar-refractivity contribution in [2.45, 2.75) is 81.7 Å². The summed E-state index contributed by atoms with van der Waals surface area (Å²) in [5.74, 6) is 1.63. The van der Waals surface area contributed by atoms with Gasteiger partial charge in [-0.1, -0.05) is 18.2 Å². The van der Waals surface area contributed by atoms with E-state index in [1.165, 1.54) is 0 Å². The summed E-state index contributed by atoms with van der Waals surface area (Å²) in [6, 6.07) is 21.3. The summed E-state index contributed by atoms with van der Waals surface area (Å²) < 4.78 is 32.3. The summed E-state index contributed by atoms with van der Waals surface area (Å²) in [6.45, 7) is 1.78. The van der Waals surface area contributed by atoms with Crippen LogP contribution < -0.4 is 24.3 Å². The zero-order chi connectivity index (χ0) is 41.5. The van der Waals surface area contributed by atoms with Crippen LogP contribution in [0.5, 0.6) is 40.2 Å². The number of methoxy groups -OCH3 is 1. The molecule has 5 aromatic rings. The van der Waals surface area contributed by atoms with E-state index in [1.54, 1.807) is 49.6 Å². The van der Waals surface area contributed by atoms with Gasteiger partial charge in [0.25, 0.3) is 0 Å². The van der Waals surface area contributed by atoms with Crippen molar-refractivity contribution >= 4 is 10.8 Å². The maximum atomic E-state index is 12.9. The molecular formula is C49H55NO10. The largest absolute Gasteiger partial charge is 0.508 e. The third-order valence-electron chi connectivity index (χ3n) is 13.1. The minimum absolute atomic E-state index is 0.0106. The molecule has 6 atom stereocenters. The summed E-state index contributed by atoms with van der Waals surface area (Å²) in [6.07, 6.45) is 3.86. The minimum atomic E-state index is -1.05. The Bertz CT molecular complexity index is 2360. The number of rotatable bonds is 12. The van der Waals surface area contributed by atoms with E-state index in [4.69, 9.17) is 23.7 Å². The molecule has 0 aromatic heterocycles. The van der Waals surface area contributed by atoms with Crippen molar-refractivity contribution in [3.63, 3.8) is 0 Å². The lowest BCUT2D eigenvalue weighted by Gasteiger charge is -2.46. The fraction of sp³-hybridized carbons (Fsp3) is 0.429. The first-order valence-corrected chi connectivity index (χ1v) is 21.4. The van der Waals surface area contributed by atoms with E-state index in [1.807, 2.05) is 37.4 Å². The highest BCUT2D eigenvalue weighted by Crippen LogP contribution is 2.57. The van der Waals surface area contributed by atoms with Crippen molar-refractivity contribution in [3.05, 3.63) is 101 Å². The van der Waals surface area contributed by atoms with Crippen LogP contribution in [-0.4, -0.2) is 78.3 Å². The number of nitrogens with one attached hydrogen (secondary N) is 1. The van der Waals surface area contributed by atoms with Crippen molar-refractivity contribution in [2.75, 3.05) is 40.5 Å². The maximum Gasteiger partial charge on any atom is 0.133 e. The molecule has 6 N–H and O–H groups in total. The van der Waals surface area contributed by atoms with Crippen LogP contribution in [0, 0.1) is 11.8 Å². The number of hydrogen-bond acceptors (Lipinski definition) is 11. The third kappa shape index (κ3) is 7.57. The monoisotopic (exact) mass is 817 g/mol. The lowest BCUT2D eigenvalue weighted by molar-refractivity contribution is -0.0889. The van der Waals surface area contributed by atoms with E-state index >= 15 is 0 Å². The molecule has 316 valence electrons. The van der Waals surface area contributed by atoms with Crippen LogP contribution >= 0.6 is 0 Å². The second-order valence-electron chi connectivity index (χ2n) is 16.9. The SMILES string of the molecule is CNC[C@H]1CCOc2c1c1c(c3ccc(O)cc23)O[C@H](CCCOC)[C@@H]([C@H]2COc3c(Cc4cc(O)ccc4-c4cccc(O)c4)cc(OC4CCCC4)cc3[C@H]2O)[C@H]1O. The Morgan fingerprint density at radius 3 is 2.37 bits per heavy atom. The number of benzene rings is 5.